The topological polar surface area (TPSA) is 37.6 Å². The molecule has 4 nitrogen and oxygen atoms in total. The lowest BCUT2D eigenvalue weighted by Crippen LogP contribution is -2.39. The van der Waals surface area contributed by atoms with Crippen LogP contribution in [0.15, 0.2) is 24.4 Å². The summed E-state index contributed by atoms with van der Waals surface area (Å²) in [6.45, 7) is 2.13. The van der Waals surface area contributed by atoms with Crippen LogP contribution in [0.4, 0.5) is 0 Å². The average molecular weight is 299 g/mol. The second-order valence-electron chi connectivity index (χ2n) is 6.29. The molecular formula is C18H25N3O. The fourth-order valence-electron chi connectivity index (χ4n) is 3.48. The molecule has 0 aromatic carbocycles. The monoisotopic (exact) mass is 299 g/mol. The average Bonchev–Trinajstić information content (AvgIpc) is 2.92. The normalized spacial score (nSPS) is 16.1. The molecule has 2 heterocycles. The Hall–Kier alpha value is -1.84. The predicted octanol–water partition coefficient (Wildman–Crippen LogP) is 3.69. The Morgan fingerprint density at radius 2 is 2.09 bits per heavy atom. The highest BCUT2D eigenvalue weighted by molar-refractivity contribution is 5.94. The molecule has 0 spiro atoms. The molecule has 1 amide bonds. The molecule has 0 N–H and O–H groups in total. The van der Waals surface area contributed by atoms with Crippen molar-refractivity contribution in [2.24, 2.45) is 0 Å². The van der Waals surface area contributed by atoms with E-state index in [0.717, 1.165) is 42.7 Å². The number of rotatable bonds is 4. The van der Waals surface area contributed by atoms with E-state index in [0.29, 0.717) is 6.04 Å². The van der Waals surface area contributed by atoms with E-state index in [1.165, 1.54) is 19.3 Å². The van der Waals surface area contributed by atoms with E-state index in [9.17, 15) is 4.79 Å². The number of fused-ring (bicyclic) bond motifs is 1. The fourth-order valence-corrected chi connectivity index (χ4v) is 3.48. The lowest BCUT2D eigenvalue weighted by molar-refractivity contribution is 0.0688. The first-order chi connectivity index (χ1) is 10.7. The number of hydrogen-bond acceptors (Lipinski definition) is 2. The SMILES string of the molecule is CCCc1nc2ccccn2c1C(=O)N(C)C1CCCCC1. The first kappa shape index (κ1) is 15.1. The van der Waals surface area contributed by atoms with Gasteiger partial charge in [0.2, 0.25) is 0 Å². The van der Waals surface area contributed by atoms with Gasteiger partial charge in [-0.2, -0.15) is 0 Å². The predicted molar refractivity (Wildman–Crippen MR) is 88.2 cm³/mol. The number of carbonyl (C=O) groups excluding carboxylic acids is 1. The third-order valence-electron chi connectivity index (χ3n) is 4.73. The summed E-state index contributed by atoms with van der Waals surface area (Å²) < 4.78 is 1.95. The zero-order valence-electron chi connectivity index (χ0n) is 13.6. The largest absolute Gasteiger partial charge is 0.337 e. The van der Waals surface area contributed by atoms with Crippen LogP contribution in [0.3, 0.4) is 0 Å². The van der Waals surface area contributed by atoms with Crippen molar-refractivity contribution in [1.29, 1.82) is 0 Å². The highest BCUT2D eigenvalue weighted by atomic mass is 16.2. The minimum atomic E-state index is 0.119. The molecular weight excluding hydrogens is 274 g/mol. The van der Waals surface area contributed by atoms with Gasteiger partial charge in [0.15, 0.2) is 0 Å². The summed E-state index contributed by atoms with van der Waals surface area (Å²) in [6, 6.07) is 6.28. The maximum atomic E-state index is 13.1. The number of hydrogen-bond donors (Lipinski definition) is 0. The first-order valence-electron chi connectivity index (χ1n) is 8.45. The van der Waals surface area contributed by atoms with E-state index in [2.05, 4.69) is 11.9 Å². The summed E-state index contributed by atoms with van der Waals surface area (Å²) >= 11 is 0. The van der Waals surface area contributed by atoms with E-state index in [1.54, 1.807) is 0 Å². The molecule has 2 aromatic rings. The van der Waals surface area contributed by atoms with Crippen molar-refractivity contribution in [3.8, 4) is 0 Å². The van der Waals surface area contributed by atoms with Crippen LogP contribution in [0.5, 0.6) is 0 Å². The molecule has 1 fully saturated rings. The molecule has 0 atom stereocenters. The third kappa shape index (κ3) is 2.74. The van der Waals surface area contributed by atoms with Gasteiger partial charge in [-0.1, -0.05) is 38.7 Å². The molecule has 22 heavy (non-hydrogen) atoms. The van der Waals surface area contributed by atoms with Crippen LogP contribution in [-0.2, 0) is 6.42 Å². The molecule has 0 unspecified atom stereocenters. The molecule has 4 heteroatoms. The summed E-state index contributed by atoms with van der Waals surface area (Å²) in [7, 11) is 1.95. The van der Waals surface area contributed by atoms with Crippen LogP contribution >= 0.6 is 0 Å². The second-order valence-corrected chi connectivity index (χ2v) is 6.29. The summed E-state index contributed by atoms with van der Waals surface area (Å²) in [4.78, 5) is 19.7. The Morgan fingerprint density at radius 3 is 2.82 bits per heavy atom. The number of nitrogens with zero attached hydrogens (tertiary/aromatic N) is 3. The van der Waals surface area contributed by atoms with Crippen molar-refractivity contribution in [3.05, 3.63) is 35.8 Å². The maximum Gasteiger partial charge on any atom is 0.272 e. The quantitative estimate of drug-likeness (QED) is 0.863. The Morgan fingerprint density at radius 1 is 1.32 bits per heavy atom. The number of amides is 1. The number of pyridine rings is 1. The molecule has 1 aliphatic rings. The van der Waals surface area contributed by atoms with Crippen molar-refractivity contribution < 1.29 is 4.79 Å². The van der Waals surface area contributed by atoms with Crippen molar-refractivity contribution in [2.75, 3.05) is 7.05 Å². The Bertz CT molecular complexity index is 655. The summed E-state index contributed by atoms with van der Waals surface area (Å²) in [6.07, 6.45) is 9.82. The standard InChI is InChI=1S/C18H25N3O/c1-3-9-15-17(21-13-8-7-12-16(21)19-15)18(22)20(2)14-10-5-4-6-11-14/h7-8,12-14H,3-6,9-11H2,1-2H3. The van der Waals surface area contributed by atoms with Gasteiger partial charge in [-0.05, 0) is 31.4 Å². The van der Waals surface area contributed by atoms with E-state index in [1.807, 2.05) is 40.7 Å². The lowest BCUT2D eigenvalue weighted by atomic mass is 9.94. The van der Waals surface area contributed by atoms with Gasteiger partial charge in [0.05, 0.1) is 5.69 Å². The van der Waals surface area contributed by atoms with Crippen molar-refractivity contribution in [3.63, 3.8) is 0 Å². The van der Waals surface area contributed by atoms with Gasteiger partial charge in [-0.25, -0.2) is 4.98 Å². The molecule has 118 valence electrons. The van der Waals surface area contributed by atoms with Crippen LogP contribution in [0.25, 0.3) is 5.65 Å². The number of aromatic nitrogens is 2. The molecule has 0 aliphatic heterocycles. The summed E-state index contributed by atoms with van der Waals surface area (Å²) in [5, 5.41) is 0. The highest BCUT2D eigenvalue weighted by Crippen LogP contribution is 2.24. The van der Waals surface area contributed by atoms with Gasteiger partial charge < -0.3 is 4.90 Å². The van der Waals surface area contributed by atoms with Crippen LogP contribution < -0.4 is 0 Å². The Labute approximate surface area is 132 Å². The number of carbonyl (C=O) groups is 1. The smallest absolute Gasteiger partial charge is 0.272 e. The van der Waals surface area contributed by atoms with E-state index < -0.39 is 0 Å². The van der Waals surface area contributed by atoms with Gasteiger partial charge in [0.25, 0.3) is 5.91 Å². The van der Waals surface area contributed by atoms with Gasteiger partial charge in [0, 0.05) is 19.3 Å². The van der Waals surface area contributed by atoms with Crippen LogP contribution in [-0.4, -0.2) is 33.3 Å². The van der Waals surface area contributed by atoms with E-state index in [4.69, 9.17) is 0 Å². The second kappa shape index (κ2) is 6.51. The Kier molecular flexibility index (Phi) is 4.46. The molecule has 3 rings (SSSR count). The lowest BCUT2D eigenvalue weighted by Gasteiger charge is -2.31. The number of imidazole rings is 1. The van der Waals surface area contributed by atoms with E-state index >= 15 is 0 Å². The van der Waals surface area contributed by atoms with Crippen molar-refractivity contribution in [1.82, 2.24) is 14.3 Å². The van der Waals surface area contributed by atoms with Crippen molar-refractivity contribution in [2.45, 2.75) is 57.9 Å². The molecule has 0 saturated heterocycles. The molecule has 1 aliphatic carbocycles. The zero-order chi connectivity index (χ0) is 15.5. The van der Waals surface area contributed by atoms with Gasteiger partial charge >= 0.3 is 0 Å². The van der Waals surface area contributed by atoms with Gasteiger partial charge in [-0.15, -0.1) is 0 Å². The molecule has 0 bridgehead atoms. The minimum absolute atomic E-state index is 0.119. The fraction of sp³-hybridized carbons (Fsp3) is 0.556. The minimum Gasteiger partial charge on any atom is -0.337 e. The third-order valence-corrected chi connectivity index (χ3v) is 4.73. The van der Waals surface area contributed by atoms with Crippen molar-refractivity contribution >= 4 is 11.6 Å². The summed E-state index contributed by atoms with van der Waals surface area (Å²) in [5.41, 5.74) is 2.55. The van der Waals surface area contributed by atoms with Crippen LogP contribution in [0.1, 0.15) is 61.6 Å². The van der Waals surface area contributed by atoms with Crippen LogP contribution in [0, 0.1) is 0 Å². The maximum absolute atomic E-state index is 13.1. The first-order valence-corrected chi connectivity index (χ1v) is 8.45. The molecule has 1 saturated carbocycles. The summed E-state index contributed by atoms with van der Waals surface area (Å²) in [5.74, 6) is 0.119. The van der Waals surface area contributed by atoms with Crippen LogP contribution in [0.2, 0.25) is 0 Å². The zero-order valence-corrected chi connectivity index (χ0v) is 13.6. The highest BCUT2D eigenvalue weighted by Gasteiger charge is 2.27. The number of aryl methyl sites for hydroxylation is 1. The molecule has 2 aromatic heterocycles. The molecule has 0 radical (unpaired) electrons. The van der Waals surface area contributed by atoms with E-state index in [-0.39, 0.29) is 5.91 Å². The Balaban J connectivity index is 1.96. The van der Waals surface area contributed by atoms with Gasteiger partial charge in [-0.3, -0.25) is 9.20 Å². The van der Waals surface area contributed by atoms with Gasteiger partial charge in [0.1, 0.15) is 11.3 Å².